The highest BCUT2D eigenvalue weighted by molar-refractivity contribution is 7.92. The summed E-state index contributed by atoms with van der Waals surface area (Å²) in [4.78, 5) is 19.2. The van der Waals surface area contributed by atoms with E-state index in [9.17, 15) is 13.2 Å². The SMILES string of the molecule is C=Cc1ccc(S(=O)(=O)C2(N(C)C(=O)CC)CCN(c3ccncc3)CC2)cc1. The van der Waals surface area contributed by atoms with Crippen molar-refractivity contribution in [2.75, 3.05) is 25.0 Å². The smallest absolute Gasteiger partial charge is 0.223 e. The highest BCUT2D eigenvalue weighted by atomic mass is 32.2. The van der Waals surface area contributed by atoms with E-state index in [0.717, 1.165) is 11.3 Å². The Bertz CT molecular complexity index is 964. The highest BCUT2D eigenvalue weighted by Gasteiger charge is 2.51. The lowest BCUT2D eigenvalue weighted by atomic mass is 10.0. The molecule has 1 saturated heterocycles. The molecule has 1 aromatic heterocycles. The van der Waals surface area contributed by atoms with Crippen molar-refractivity contribution in [3.63, 3.8) is 0 Å². The first-order valence-corrected chi connectivity index (χ1v) is 11.2. The normalized spacial score (nSPS) is 16.3. The van der Waals surface area contributed by atoms with Crippen molar-refractivity contribution >= 4 is 27.5 Å². The first-order chi connectivity index (χ1) is 13.9. The number of nitrogens with zero attached hydrogens (tertiary/aromatic N) is 3. The Balaban J connectivity index is 1.98. The Morgan fingerprint density at radius 2 is 1.76 bits per heavy atom. The van der Waals surface area contributed by atoms with E-state index in [1.807, 2.05) is 12.1 Å². The lowest BCUT2D eigenvalue weighted by molar-refractivity contribution is -0.133. The second kappa shape index (κ2) is 8.37. The van der Waals surface area contributed by atoms with Gasteiger partial charge in [-0.15, -0.1) is 0 Å². The first kappa shape index (κ1) is 21.0. The fourth-order valence-corrected chi connectivity index (χ4v) is 6.04. The summed E-state index contributed by atoms with van der Waals surface area (Å²) in [6, 6.07) is 10.5. The fourth-order valence-electron chi connectivity index (χ4n) is 3.92. The van der Waals surface area contributed by atoms with Crippen LogP contribution >= 0.6 is 0 Å². The van der Waals surface area contributed by atoms with Crippen LogP contribution < -0.4 is 4.90 Å². The number of rotatable bonds is 6. The van der Waals surface area contributed by atoms with Crippen molar-refractivity contribution in [3.8, 4) is 0 Å². The van der Waals surface area contributed by atoms with Gasteiger partial charge in [-0.2, -0.15) is 0 Å². The summed E-state index contributed by atoms with van der Waals surface area (Å²) in [6.45, 7) is 6.54. The van der Waals surface area contributed by atoms with Crippen LogP contribution in [0.3, 0.4) is 0 Å². The Morgan fingerprint density at radius 1 is 1.17 bits per heavy atom. The molecule has 1 amide bonds. The molecule has 0 unspecified atom stereocenters. The van der Waals surface area contributed by atoms with Crippen molar-refractivity contribution < 1.29 is 13.2 Å². The Labute approximate surface area is 172 Å². The number of aromatic nitrogens is 1. The minimum atomic E-state index is -3.78. The number of pyridine rings is 1. The van der Waals surface area contributed by atoms with E-state index >= 15 is 0 Å². The van der Waals surface area contributed by atoms with E-state index in [1.165, 1.54) is 4.90 Å². The molecular weight excluding hydrogens is 386 g/mol. The number of carbonyl (C=O) groups is 1. The zero-order valence-electron chi connectivity index (χ0n) is 16.9. The third-order valence-electron chi connectivity index (χ3n) is 5.79. The standard InChI is InChI=1S/C22H27N3O3S/c1-4-18-6-8-20(9-7-18)29(27,28)22(24(3)21(26)5-2)12-16-25(17-13-22)19-10-14-23-15-11-19/h4,6-11,14-15H,1,5,12-13,16-17H2,2-3H3. The minimum Gasteiger partial charge on any atom is -0.371 e. The molecule has 0 aliphatic carbocycles. The molecule has 29 heavy (non-hydrogen) atoms. The molecule has 3 rings (SSSR count). The van der Waals surface area contributed by atoms with Crippen LogP contribution in [0.1, 0.15) is 31.7 Å². The monoisotopic (exact) mass is 413 g/mol. The van der Waals surface area contributed by atoms with Crippen LogP contribution in [-0.2, 0) is 14.6 Å². The molecule has 0 saturated carbocycles. The zero-order valence-corrected chi connectivity index (χ0v) is 17.7. The third-order valence-corrected chi connectivity index (χ3v) is 8.36. The van der Waals surface area contributed by atoms with E-state index in [2.05, 4.69) is 16.5 Å². The predicted octanol–water partition coefficient (Wildman–Crippen LogP) is 3.36. The van der Waals surface area contributed by atoms with Gasteiger partial charge in [0.05, 0.1) is 4.90 Å². The quantitative estimate of drug-likeness (QED) is 0.726. The van der Waals surface area contributed by atoms with Crippen molar-refractivity contribution in [3.05, 3.63) is 60.9 Å². The number of hydrogen-bond acceptors (Lipinski definition) is 5. The molecule has 2 heterocycles. The van der Waals surface area contributed by atoms with Gasteiger partial charge in [0.15, 0.2) is 4.87 Å². The van der Waals surface area contributed by atoms with E-state index in [4.69, 9.17) is 0 Å². The van der Waals surface area contributed by atoms with Crippen LogP contribution in [0.25, 0.3) is 6.08 Å². The Kier molecular flexibility index (Phi) is 6.07. The molecule has 1 aliphatic rings. The van der Waals surface area contributed by atoms with Gasteiger partial charge in [0.1, 0.15) is 0 Å². The number of amides is 1. The van der Waals surface area contributed by atoms with Crippen LogP contribution in [-0.4, -0.2) is 49.2 Å². The lowest BCUT2D eigenvalue weighted by Gasteiger charge is -2.47. The average molecular weight is 414 g/mol. The summed E-state index contributed by atoms with van der Waals surface area (Å²) in [6.07, 6.45) is 6.05. The van der Waals surface area contributed by atoms with Gasteiger partial charge in [-0.1, -0.05) is 31.7 Å². The number of piperidine rings is 1. The van der Waals surface area contributed by atoms with Crippen molar-refractivity contribution in [1.82, 2.24) is 9.88 Å². The molecule has 0 atom stereocenters. The van der Waals surface area contributed by atoms with Crippen LogP contribution in [0, 0.1) is 0 Å². The second-order valence-corrected chi connectivity index (χ2v) is 9.46. The number of carbonyl (C=O) groups excluding carboxylic acids is 1. The van der Waals surface area contributed by atoms with Gasteiger partial charge in [-0.3, -0.25) is 9.78 Å². The summed E-state index contributed by atoms with van der Waals surface area (Å²) >= 11 is 0. The Hall–Kier alpha value is -2.67. The summed E-state index contributed by atoms with van der Waals surface area (Å²) < 4.78 is 27.5. The topological polar surface area (TPSA) is 70.6 Å². The van der Waals surface area contributed by atoms with Crippen LogP contribution in [0.15, 0.2) is 60.3 Å². The molecule has 0 spiro atoms. The molecule has 1 fully saturated rings. The maximum atomic E-state index is 13.8. The lowest BCUT2D eigenvalue weighted by Crippen LogP contribution is -2.60. The van der Waals surface area contributed by atoms with Gasteiger partial charge in [0.25, 0.3) is 0 Å². The maximum Gasteiger partial charge on any atom is 0.223 e. The van der Waals surface area contributed by atoms with Crippen LogP contribution in [0.5, 0.6) is 0 Å². The highest BCUT2D eigenvalue weighted by Crippen LogP contribution is 2.39. The first-order valence-electron chi connectivity index (χ1n) is 9.74. The summed E-state index contributed by atoms with van der Waals surface area (Å²) in [5.41, 5.74) is 1.86. The van der Waals surface area contributed by atoms with Crippen molar-refractivity contribution in [2.45, 2.75) is 36.0 Å². The molecule has 1 aliphatic heterocycles. The maximum absolute atomic E-state index is 13.8. The molecular formula is C22H27N3O3S. The number of anilines is 1. The van der Waals surface area contributed by atoms with Gasteiger partial charge in [-0.25, -0.2) is 8.42 Å². The van der Waals surface area contributed by atoms with E-state index in [-0.39, 0.29) is 17.2 Å². The molecule has 0 bridgehead atoms. The molecule has 0 radical (unpaired) electrons. The van der Waals surface area contributed by atoms with Gasteiger partial charge >= 0.3 is 0 Å². The molecule has 7 heteroatoms. The summed E-state index contributed by atoms with van der Waals surface area (Å²) in [5, 5.41) is 0. The molecule has 154 valence electrons. The van der Waals surface area contributed by atoms with Gasteiger partial charge in [-0.05, 0) is 29.8 Å². The van der Waals surface area contributed by atoms with Gasteiger partial charge in [0.2, 0.25) is 15.7 Å². The number of benzene rings is 1. The molecule has 2 aromatic rings. The van der Waals surface area contributed by atoms with Crippen molar-refractivity contribution in [2.24, 2.45) is 0 Å². The van der Waals surface area contributed by atoms with Gasteiger partial charge in [0, 0.05) is 57.5 Å². The Morgan fingerprint density at radius 3 is 2.28 bits per heavy atom. The average Bonchev–Trinajstić information content (AvgIpc) is 2.78. The van der Waals surface area contributed by atoms with E-state index in [1.54, 1.807) is 56.7 Å². The number of sulfone groups is 1. The molecule has 1 aromatic carbocycles. The zero-order chi connectivity index (χ0) is 21.1. The molecule has 6 nitrogen and oxygen atoms in total. The van der Waals surface area contributed by atoms with E-state index in [0.29, 0.717) is 25.9 Å². The summed E-state index contributed by atoms with van der Waals surface area (Å²) in [7, 11) is -2.16. The number of hydrogen-bond donors (Lipinski definition) is 0. The van der Waals surface area contributed by atoms with Crippen LogP contribution in [0.2, 0.25) is 0 Å². The predicted molar refractivity (Wildman–Crippen MR) is 115 cm³/mol. The molecule has 0 N–H and O–H groups in total. The minimum absolute atomic E-state index is 0.173. The summed E-state index contributed by atoms with van der Waals surface area (Å²) in [5.74, 6) is -0.173. The van der Waals surface area contributed by atoms with Crippen LogP contribution in [0.4, 0.5) is 5.69 Å². The third kappa shape index (κ3) is 3.79. The second-order valence-electron chi connectivity index (χ2n) is 7.22. The fraction of sp³-hybridized carbons (Fsp3) is 0.364. The van der Waals surface area contributed by atoms with Crippen molar-refractivity contribution in [1.29, 1.82) is 0 Å². The van der Waals surface area contributed by atoms with E-state index < -0.39 is 14.7 Å². The van der Waals surface area contributed by atoms with Gasteiger partial charge < -0.3 is 9.80 Å². The largest absolute Gasteiger partial charge is 0.371 e.